The van der Waals surface area contributed by atoms with Crippen molar-refractivity contribution in [1.29, 1.82) is 0 Å². The van der Waals surface area contributed by atoms with Crippen LogP contribution < -0.4 is 0 Å². The molecule has 0 saturated heterocycles. The van der Waals surface area contributed by atoms with E-state index in [4.69, 9.17) is 0 Å². The van der Waals surface area contributed by atoms with Gasteiger partial charge in [0.2, 0.25) is 0 Å². The van der Waals surface area contributed by atoms with Gasteiger partial charge < -0.3 is 0 Å². The van der Waals surface area contributed by atoms with Gasteiger partial charge in [0.05, 0.1) is 5.69 Å². The Kier molecular flexibility index (Phi) is 2.90. The lowest BCUT2D eigenvalue weighted by atomic mass is 10.0. The predicted octanol–water partition coefficient (Wildman–Crippen LogP) is 1.88. The second-order valence-corrected chi connectivity index (χ2v) is 4.46. The van der Waals surface area contributed by atoms with E-state index >= 15 is 0 Å². The Morgan fingerprint density at radius 1 is 1.10 bits per heavy atom. The van der Waals surface area contributed by atoms with Crippen molar-refractivity contribution in [3.8, 4) is 11.1 Å². The Bertz CT molecular complexity index is 744. The van der Waals surface area contributed by atoms with Crippen LogP contribution in [0, 0.1) is 13.8 Å². The number of aldehydes is 1. The summed E-state index contributed by atoms with van der Waals surface area (Å²) in [6.07, 6.45) is 2.24. The Hall–Kier alpha value is -2.76. The van der Waals surface area contributed by atoms with Crippen LogP contribution in [0.4, 0.5) is 0 Å². The van der Waals surface area contributed by atoms with Crippen molar-refractivity contribution >= 4 is 6.29 Å². The van der Waals surface area contributed by atoms with E-state index in [0.29, 0.717) is 5.56 Å². The molecule has 100 valence electrons. The van der Waals surface area contributed by atoms with Gasteiger partial charge in [-0.15, -0.1) is 10.2 Å². The molecule has 0 amide bonds. The molecule has 20 heavy (non-hydrogen) atoms. The summed E-state index contributed by atoms with van der Waals surface area (Å²) < 4.78 is 1.78. The standard InChI is InChI=1S/C14H13N5O/c1-10-13(8-20)14(12-6-4-3-5-7-12)11(2)18(10)19-16-9-15-17-19/h3-9H,1-2H3. The van der Waals surface area contributed by atoms with Crippen molar-refractivity contribution < 1.29 is 4.79 Å². The fourth-order valence-corrected chi connectivity index (χ4v) is 2.48. The second kappa shape index (κ2) is 4.73. The lowest BCUT2D eigenvalue weighted by molar-refractivity contribution is 0.112. The topological polar surface area (TPSA) is 65.6 Å². The van der Waals surface area contributed by atoms with Crippen LogP contribution in [0.15, 0.2) is 36.7 Å². The van der Waals surface area contributed by atoms with E-state index in [1.54, 1.807) is 4.68 Å². The van der Waals surface area contributed by atoms with Crippen LogP contribution in [0.3, 0.4) is 0 Å². The van der Waals surface area contributed by atoms with E-state index in [1.165, 1.54) is 11.2 Å². The van der Waals surface area contributed by atoms with E-state index in [9.17, 15) is 4.79 Å². The molecule has 6 nitrogen and oxygen atoms in total. The molecule has 3 rings (SSSR count). The maximum absolute atomic E-state index is 11.5. The smallest absolute Gasteiger partial charge is 0.164 e. The molecule has 6 heteroatoms. The summed E-state index contributed by atoms with van der Waals surface area (Å²) in [4.78, 5) is 12.9. The third-order valence-electron chi connectivity index (χ3n) is 3.35. The zero-order valence-electron chi connectivity index (χ0n) is 11.2. The molecule has 0 atom stereocenters. The van der Waals surface area contributed by atoms with Crippen LogP contribution in [-0.2, 0) is 0 Å². The summed E-state index contributed by atoms with van der Waals surface area (Å²) in [5.74, 6) is 0. The van der Waals surface area contributed by atoms with Crippen LogP contribution >= 0.6 is 0 Å². The number of tetrazole rings is 1. The van der Waals surface area contributed by atoms with Gasteiger partial charge in [0.25, 0.3) is 0 Å². The van der Waals surface area contributed by atoms with Gasteiger partial charge in [-0.25, -0.2) is 4.68 Å². The fourth-order valence-electron chi connectivity index (χ4n) is 2.48. The number of hydrogen-bond acceptors (Lipinski definition) is 4. The van der Waals surface area contributed by atoms with E-state index in [1.807, 2.05) is 44.2 Å². The largest absolute Gasteiger partial charge is 0.298 e. The maximum atomic E-state index is 11.5. The Labute approximate surface area is 115 Å². The summed E-state index contributed by atoms with van der Waals surface area (Å²) in [6, 6.07) is 9.80. The fraction of sp³-hybridized carbons (Fsp3) is 0.143. The number of hydrogen-bond donors (Lipinski definition) is 0. The molecule has 0 unspecified atom stereocenters. The summed E-state index contributed by atoms with van der Waals surface area (Å²) in [7, 11) is 0. The van der Waals surface area contributed by atoms with Crippen molar-refractivity contribution in [1.82, 2.24) is 25.0 Å². The molecule has 0 aliphatic rings. The minimum absolute atomic E-state index is 0.644. The zero-order chi connectivity index (χ0) is 14.1. The first-order valence-corrected chi connectivity index (χ1v) is 6.20. The Morgan fingerprint density at radius 3 is 2.45 bits per heavy atom. The highest BCUT2D eigenvalue weighted by molar-refractivity contribution is 5.90. The highest BCUT2D eigenvalue weighted by Crippen LogP contribution is 2.30. The van der Waals surface area contributed by atoms with Crippen LogP contribution in [0.25, 0.3) is 11.1 Å². The number of aromatic nitrogens is 5. The van der Waals surface area contributed by atoms with Crippen molar-refractivity contribution in [3.63, 3.8) is 0 Å². The van der Waals surface area contributed by atoms with Crippen molar-refractivity contribution in [2.24, 2.45) is 0 Å². The quantitative estimate of drug-likeness (QED) is 0.680. The number of nitrogens with zero attached hydrogens (tertiary/aromatic N) is 5. The van der Waals surface area contributed by atoms with E-state index in [0.717, 1.165) is 28.8 Å². The minimum Gasteiger partial charge on any atom is -0.298 e. The molecular weight excluding hydrogens is 254 g/mol. The lowest BCUT2D eigenvalue weighted by Crippen LogP contribution is -2.16. The van der Waals surface area contributed by atoms with Gasteiger partial charge in [-0.2, -0.15) is 0 Å². The second-order valence-electron chi connectivity index (χ2n) is 4.46. The molecular formula is C14H13N5O. The summed E-state index contributed by atoms with van der Waals surface area (Å²) >= 11 is 0. The highest BCUT2D eigenvalue weighted by Gasteiger charge is 2.20. The molecule has 2 aromatic heterocycles. The Balaban J connectivity index is 2.31. The first-order valence-electron chi connectivity index (χ1n) is 6.20. The van der Waals surface area contributed by atoms with Gasteiger partial charge in [-0.3, -0.25) is 4.79 Å². The third-order valence-corrected chi connectivity index (χ3v) is 3.35. The highest BCUT2D eigenvalue weighted by atomic mass is 16.1. The van der Waals surface area contributed by atoms with Gasteiger partial charge in [0.1, 0.15) is 0 Å². The molecule has 0 bridgehead atoms. The molecule has 0 N–H and O–H groups in total. The van der Waals surface area contributed by atoms with E-state index in [-0.39, 0.29) is 0 Å². The monoisotopic (exact) mass is 267 g/mol. The first-order chi connectivity index (χ1) is 9.74. The molecule has 2 heterocycles. The van der Waals surface area contributed by atoms with Crippen molar-refractivity contribution in [2.45, 2.75) is 13.8 Å². The van der Waals surface area contributed by atoms with E-state index in [2.05, 4.69) is 15.4 Å². The van der Waals surface area contributed by atoms with E-state index < -0.39 is 0 Å². The van der Waals surface area contributed by atoms with Gasteiger partial charge in [-0.05, 0) is 24.6 Å². The molecule has 1 aromatic carbocycles. The lowest BCUT2D eigenvalue weighted by Gasteiger charge is -2.06. The van der Waals surface area contributed by atoms with Crippen LogP contribution in [-0.4, -0.2) is 31.3 Å². The molecule has 0 spiro atoms. The van der Waals surface area contributed by atoms with Crippen molar-refractivity contribution in [2.75, 3.05) is 0 Å². The zero-order valence-corrected chi connectivity index (χ0v) is 11.2. The summed E-state index contributed by atoms with van der Waals surface area (Å²) in [5.41, 5.74) is 4.22. The van der Waals surface area contributed by atoms with Crippen molar-refractivity contribution in [3.05, 3.63) is 53.6 Å². The average Bonchev–Trinajstić information content (AvgIpc) is 3.06. The predicted molar refractivity (Wildman–Crippen MR) is 73.3 cm³/mol. The first kappa shape index (κ1) is 12.3. The number of carbonyl (C=O) groups excluding carboxylic acids is 1. The SMILES string of the molecule is Cc1c(C=O)c(-c2ccccc2)c(C)n1-n1ncnn1. The van der Waals surface area contributed by atoms with Gasteiger partial charge in [0.15, 0.2) is 12.6 Å². The summed E-state index contributed by atoms with van der Waals surface area (Å²) in [6.45, 7) is 3.80. The maximum Gasteiger partial charge on any atom is 0.164 e. The summed E-state index contributed by atoms with van der Waals surface area (Å²) in [5, 5.41) is 11.6. The van der Waals surface area contributed by atoms with Crippen LogP contribution in [0.2, 0.25) is 0 Å². The number of benzene rings is 1. The Morgan fingerprint density at radius 2 is 1.85 bits per heavy atom. The normalized spacial score (nSPS) is 10.7. The van der Waals surface area contributed by atoms with Gasteiger partial charge in [-0.1, -0.05) is 35.2 Å². The third kappa shape index (κ3) is 1.73. The molecule has 0 saturated carbocycles. The minimum atomic E-state index is 0.644. The molecule has 0 aliphatic carbocycles. The molecule has 0 fully saturated rings. The molecule has 0 radical (unpaired) electrons. The molecule has 0 aliphatic heterocycles. The van der Waals surface area contributed by atoms with Crippen LogP contribution in [0.5, 0.6) is 0 Å². The molecule has 3 aromatic rings. The van der Waals surface area contributed by atoms with Gasteiger partial charge in [0, 0.05) is 16.8 Å². The van der Waals surface area contributed by atoms with Gasteiger partial charge >= 0.3 is 0 Å². The number of rotatable bonds is 3. The van der Waals surface area contributed by atoms with Crippen LogP contribution in [0.1, 0.15) is 21.7 Å². The number of carbonyl (C=O) groups is 1. The average molecular weight is 267 g/mol.